The lowest BCUT2D eigenvalue weighted by Crippen LogP contribution is -2.49. The van der Waals surface area contributed by atoms with Gasteiger partial charge in [-0.05, 0) is 12.5 Å². The first-order valence-electron chi connectivity index (χ1n) is 6.58. The van der Waals surface area contributed by atoms with Crippen molar-refractivity contribution < 1.29 is 25.5 Å². The van der Waals surface area contributed by atoms with Crippen LogP contribution >= 0.6 is 0 Å². The number of benzene rings is 1. The summed E-state index contributed by atoms with van der Waals surface area (Å²) in [5.41, 5.74) is 1.03. The Morgan fingerprint density at radius 1 is 0.950 bits per heavy atom. The Bertz CT molecular complexity index is 375. The summed E-state index contributed by atoms with van der Waals surface area (Å²) >= 11 is 0. The van der Waals surface area contributed by atoms with Gasteiger partial charge in [-0.25, -0.2) is 0 Å². The molecule has 0 aliphatic carbocycles. The molecule has 5 atom stereocenters. The van der Waals surface area contributed by atoms with Crippen LogP contribution in [0.4, 0.5) is 0 Å². The maximum Gasteiger partial charge on any atom is 0.111 e. The molecule has 6 nitrogen and oxygen atoms in total. The maximum atomic E-state index is 9.76. The summed E-state index contributed by atoms with van der Waals surface area (Å²) in [5.74, 6) is 0. The summed E-state index contributed by atoms with van der Waals surface area (Å²) in [4.78, 5) is 0. The highest BCUT2D eigenvalue weighted by atomic mass is 16.4. The van der Waals surface area contributed by atoms with Gasteiger partial charge in [-0.2, -0.15) is 0 Å². The van der Waals surface area contributed by atoms with Crippen LogP contribution in [0.3, 0.4) is 0 Å². The third kappa shape index (κ3) is 4.82. The molecular formula is C14H23NO5. The molecule has 6 N–H and O–H groups in total. The van der Waals surface area contributed by atoms with Crippen molar-refractivity contribution in [2.75, 3.05) is 13.2 Å². The first kappa shape index (κ1) is 17.0. The quantitative estimate of drug-likeness (QED) is 0.357. The van der Waals surface area contributed by atoms with Gasteiger partial charge >= 0.3 is 0 Å². The van der Waals surface area contributed by atoms with E-state index in [0.717, 1.165) is 5.56 Å². The third-order valence-corrected chi connectivity index (χ3v) is 3.26. The van der Waals surface area contributed by atoms with E-state index >= 15 is 0 Å². The molecule has 1 rings (SSSR count). The third-order valence-electron chi connectivity index (χ3n) is 3.26. The number of hydrogen-bond acceptors (Lipinski definition) is 6. The first-order valence-corrected chi connectivity index (χ1v) is 6.58. The summed E-state index contributed by atoms with van der Waals surface area (Å²) in [5, 5.41) is 49.8. The van der Waals surface area contributed by atoms with E-state index in [-0.39, 0.29) is 12.6 Å². The predicted molar refractivity (Wildman–Crippen MR) is 74.0 cm³/mol. The minimum atomic E-state index is -1.59. The van der Waals surface area contributed by atoms with Crippen LogP contribution in [0.2, 0.25) is 0 Å². The lowest BCUT2D eigenvalue weighted by atomic mass is 10.0. The predicted octanol–water partition coefficient (Wildman–Crippen LogP) is -1.23. The van der Waals surface area contributed by atoms with Crippen LogP contribution < -0.4 is 5.32 Å². The van der Waals surface area contributed by atoms with Crippen molar-refractivity contribution in [3.63, 3.8) is 0 Å². The molecule has 1 aromatic carbocycles. The fourth-order valence-electron chi connectivity index (χ4n) is 1.84. The van der Waals surface area contributed by atoms with Crippen LogP contribution in [0.15, 0.2) is 30.3 Å². The van der Waals surface area contributed by atoms with Crippen LogP contribution in [0.1, 0.15) is 18.5 Å². The molecule has 20 heavy (non-hydrogen) atoms. The summed E-state index contributed by atoms with van der Waals surface area (Å²) in [6, 6.07) is 9.55. The zero-order valence-electron chi connectivity index (χ0n) is 11.4. The van der Waals surface area contributed by atoms with E-state index in [1.807, 2.05) is 37.3 Å². The second-order valence-electron chi connectivity index (χ2n) is 4.84. The molecule has 0 aliphatic rings. The molecular weight excluding hydrogens is 262 g/mol. The van der Waals surface area contributed by atoms with Crippen molar-refractivity contribution in [1.82, 2.24) is 5.32 Å². The van der Waals surface area contributed by atoms with Gasteiger partial charge in [0.25, 0.3) is 0 Å². The minimum absolute atomic E-state index is 0.0297. The van der Waals surface area contributed by atoms with Crippen LogP contribution in [-0.2, 0) is 0 Å². The summed E-state index contributed by atoms with van der Waals surface area (Å²) in [6.45, 7) is 1.28. The Hall–Kier alpha value is -1.02. The molecule has 1 aromatic rings. The average molecular weight is 285 g/mol. The van der Waals surface area contributed by atoms with Crippen molar-refractivity contribution in [3.05, 3.63) is 35.9 Å². The average Bonchev–Trinajstić information content (AvgIpc) is 2.50. The van der Waals surface area contributed by atoms with Crippen LogP contribution in [0.5, 0.6) is 0 Å². The lowest BCUT2D eigenvalue weighted by molar-refractivity contribution is -0.114. The highest BCUT2D eigenvalue weighted by Gasteiger charge is 2.29. The monoisotopic (exact) mass is 285 g/mol. The molecule has 6 heteroatoms. The van der Waals surface area contributed by atoms with Gasteiger partial charge in [0.1, 0.15) is 18.3 Å². The smallest absolute Gasteiger partial charge is 0.111 e. The molecule has 0 heterocycles. The van der Waals surface area contributed by atoms with Crippen LogP contribution in [0.25, 0.3) is 0 Å². The largest absolute Gasteiger partial charge is 0.394 e. The fourth-order valence-corrected chi connectivity index (χ4v) is 1.84. The topological polar surface area (TPSA) is 113 Å². The molecule has 0 amide bonds. The summed E-state index contributed by atoms with van der Waals surface area (Å²) < 4.78 is 0. The number of rotatable bonds is 8. The van der Waals surface area contributed by atoms with E-state index in [4.69, 9.17) is 5.11 Å². The Kier molecular flexibility index (Phi) is 7.08. The van der Waals surface area contributed by atoms with Gasteiger partial charge in [0.05, 0.1) is 12.7 Å². The second kappa shape index (κ2) is 8.31. The van der Waals surface area contributed by atoms with E-state index in [1.165, 1.54) is 0 Å². The first-order chi connectivity index (χ1) is 9.47. The van der Waals surface area contributed by atoms with Gasteiger partial charge < -0.3 is 30.8 Å². The molecule has 0 aliphatic heterocycles. The highest BCUT2D eigenvalue weighted by Crippen LogP contribution is 2.12. The van der Waals surface area contributed by atoms with Gasteiger partial charge in [-0.3, -0.25) is 0 Å². The van der Waals surface area contributed by atoms with Crippen molar-refractivity contribution >= 4 is 0 Å². The Morgan fingerprint density at radius 3 is 2.05 bits per heavy atom. The van der Waals surface area contributed by atoms with Gasteiger partial charge in [0.2, 0.25) is 0 Å². The molecule has 114 valence electrons. The molecule has 0 spiro atoms. The number of hydrogen-bond donors (Lipinski definition) is 6. The molecule has 0 saturated carbocycles. The zero-order chi connectivity index (χ0) is 15.1. The second-order valence-corrected chi connectivity index (χ2v) is 4.84. The van der Waals surface area contributed by atoms with Gasteiger partial charge in [-0.1, -0.05) is 30.3 Å². The Balaban J connectivity index is 2.44. The van der Waals surface area contributed by atoms with Gasteiger partial charge in [-0.15, -0.1) is 0 Å². The summed E-state index contributed by atoms with van der Waals surface area (Å²) in [7, 11) is 0. The van der Waals surface area contributed by atoms with Crippen LogP contribution in [-0.4, -0.2) is 63.1 Å². The van der Waals surface area contributed by atoms with Crippen molar-refractivity contribution in [2.24, 2.45) is 0 Å². The minimum Gasteiger partial charge on any atom is -0.394 e. The number of nitrogens with one attached hydrogen (secondary N) is 1. The molecule has 0 radical (unpaired) electrons. The van der Waals surface area contributed by atoms with E-state index in [2.05, 4.69) is 5.32 Å². The van der Waals surface area contributed by atoms with Crippen molar-refractivity contribution in [2.45, 2.75) is 37.4 Å². The van der Waals surface area contributed by atoms with E-state index in [0.29, 0.717) is 0 Å². The van der Waals surface area contributed by atoms with Crippen LogP contribution in [0, 0.1) is 0 Å². The van der Waals surface area contributed by atoms with Gasteiger partial charge in [0.15, 0.2) is 0 Å². The molecule has 0 bridgehead atoms. The SMILES string of the molecule is C[C@H](NC[C@H](O)[C@@H](O)[C@H](O)[C@H](O)CO)c1ccccc1. The zero-order valence-corrected chi connectivity index (χ0v) is 11.4. The Labute approximate surface area is 118 Å². The highest BCUT2D eigenvalue weighted by molar-refractivity contribution is 5.18. The van der Waals surface area contributed by atoms with Gasteiger partial charge in [0, 0.05) is 12.6 Å². The van der Waals surface area contributed by atoms with E-state index < -0.39 is 31.0 Å². The number of aliphatic hydroxyl groups is 5. The molecule has 0 fully saturated rings. The summed E-state index contributed by atoms with van der Waals surface area (Å²) in [6.07, 6.45) is -5.86. The molecule has 0 saturated heterocycles. The number of aliphatic hydroxyl groups excluding tert-OH is 5. The fraction of sp³-hybridized carbons (Fsp3) is 0.571. The standard InChI is InChI=1S/C14H23NO5/c1-9(10-5-3-2-4-6-10)15-7-11(17)13(19)14(20)12(18)8-16/h2-6,9,11-20H,7-8H2,1H3/t9-,11-,12+,13+,14+/m0/s1. The van der Waals surface area contributed by atoms with E-state index in [1.54, 1.807) is 0 Å². The van der Waals surface area contributed by atoms with E-state index in [9.17, 15) is 20.4 Å². The lowest BCUT2D eigenvalue weighted by Gasteiger charge is -2.26. The Morgan fingerprint density at radius 2 is 1.50 bits per heavy atom. The van der Waals surface area contributed by atoms with Crippen molar-refractivity contribution in [3.8, 4) is 0 Å². The molecule has 0 unspecified atom stereocenters. The molecule has 0 aromatic heterocycles. The maximum absolute atomic E-state index is 9.76. The van der Waals surface area contributed by atoms with Crippen molar-refractivity contribution in [1.29, 1.82) is 0 Å². The normalized spacial score (nSPS) is 19.1.